The quantitative estimate of drug-likeness (QED) is 0.697. The Balaban J connectivity index is 1.97. The number of ether oxygens (including phenoxy) is 1. The zero-order valence-electron chi connectivity index (χ0n) is 12.0. The first-order valence-corrected chi connectivity index (χ1v) is 7.45. The average Bonchev–Trinajstić information content (AvgIpc) is 2.89. The molecule has 1 aromatic rings. The van der Waals surface area contributed by atoms with Gasteiger partial charge in [-0.2, -0.15) is 0 Å². The zero-order valence-corrected chi connectivity index (χ0v) is 12.0. The van der Waals surface area contributed by atoms with E-state index >= 15 is 0 Å². The third kappa shape index (κ3) is 4.09. The van der Waals surface area contributed by atoms with Gasteiger partial charge in [0.15, 0.2) is 5.78 Å². The fourth-order valence-corrected chi connectivity index (χ4v) is 2.82. The summed E-state index contributed by atoms with van der Waals surface area (Å²) in [5.74, 6) is 1.72. The first-order chi connectivity index (χ1) is 9.16. The minimum Gasteiger partial charge on any atom is -0.490 e. The van der Waals surface area contributed by atoms with Crippen LogP contribution in [0.2, 0.25) is 0 Å². The minimum absolute atomic E-state index is 0.101. The predicted molar refractivity (Wildman–Crippen MR) is 77.7 cm³/mol. The van der Waals surface area contributed by atoms with Crippen LogP contribution in [0.1, 0.15) is 62.7 Å². The Kier molecular flexibility index (Phi) is 5.00. The smallest absolute Gasteiger partial charge is 0.166 e. The van der Waals surface area contributed by atoms with Crippen LogP contribution < -0.4 is 4.74 Å². The molecule has 0 unspecified atom stereocenters. The molecule has 0 bridgehead atoms. The topological polar surface area (TPSA) is 26.3 Å². The van der Waals surface area contributed by atoms with Crippen LogP contribution in [-0.2, 0) is 0 Å². The van der Waals surface area contributed by atoms with Gasteiger partial charge in [-0.05, 0) is 38.3 Å². The Bertz CT molecular complexity index is 417. The molecule has 1 fully saturated rings. The van der Waals surface area contributed by atoms with Crippen LogP contribution in [0.25, 0.3) is 0 Å². The molecule has 1 aliphatic rings. The molecule has 0 saturated heterocycles. The van der Waals surface area contributed by atoms with Gasteiger partial charge < -0.3 is 4.74 Å². The SMILES string of the molecule is CC(C)Oc1ccccc1C(=O)CCC1CCCC1. The average molecular weight is 260 g/mol. The molecular formula is C17H24O2. The van der Waals surface area contributed by atoms with E-state index in [1.165, 1.54) is 25.7 Å². The van der Waals surface area contributed by atoms with Crippen molar-refractivity contribution in [1.29, 1.82) is 0 Å². The summed E-state index contributed by atoms with van der Waals surface area (Å²) in [5, 5.41) is 0. The highest BCUT2D eigenvalue weighted by Crippen LogP contribution is 2.30. The normalized spacial score (nSPS) is 15.9. The van der Waals surface area contributed by atoms with E-state index in [4.69, 9.17) is 4.74 Å². The minimum atomic E-state index is 0.101. The summed E-state index contributed by atoms with van der Waals surface area (Å²) < 4.78 is 5.72. The summed E-state index contributed by atoms with van der Waals surface area (Å²) in [6.07, 6.45) is 7.08. The van der Waals surface area contributed by atoms with Gasteiger partial charge in [0.2, 0.25) is 0 Å². The van der Waals surface area contributed by atoms with E-state index in [-0.39, 0.29) is 11.9 Å². The third-order valence-electron chi connectivity index (χ3n) is 3.80. The van der Waals surface area contributed by atoms with Crippen LogP contribution in [0.5, 0.6) is 5.75 Å². The molecule has 0 N–H and O–H groups in total. The van der Waals surface area contributed by atoms with Crippen molar-refractivity contribution < 1.29 is 9.53 Å². The van der Waals surface area contributed by atoms with Crippen LogP contribution in [-0.4, -0.2) is 11.9 Å². The summed E-state index contributed by atoms with van der Waals surface area (Å²) in [7, 11) is 0. The lowest BCUT2D eigenvalue weighted by Crippen LogP contribution is -2.10. The molecular weight excluding hydrogens is 236 g/mol. The molecule has 104 valence electrons. The van der Waals surface area contributed by atoms with E-state index < -0.39 is 0 Å². The standard InChI is InChI=1S/C17H24O2/c1-13(2)19-17-10-6-5-9-15(17)16(18)12-11-14-7-3-4-8-14/h5-6,9-10,13-14H,3-4,7-8,11-12H2,1-2H3. The van der Waals surface area contributed by atoms with Crippen molar-refractivity contribution >= 4 is 5.78 Å². The fourth-order valence-electron chi connectivity index (χ4n) is 2.82. The van der Waals surface area contributed by atoms with Crippen LogP contribution in [0.4, 0.5) is 0 Å². The number of hydrogen-bond acceptors (Lipinski definition) is 2. The Hall–Kier alpha value is -1.31. The van der Waals surface area contributed by atoms with Gasteiger partial charge in [0.1, 0.15) is 5.75 Å². The van der Waals surface area contributed by atoms with Gasteiger partial charge in [-0.25, -0.2) is 0 Å². The van der Waals surface area contributed by atoms with Gasteiger partial charge in [-0.1, -0.05) is 37.8 Å². The van der Waals surface area contributed by atoms with Crippen LogP contribution in [0.15, 0.2) is 24.3 Å². The highest BCUT2D eigenvalue weighted by molar-refractivity contribution is 5.98. The number of Topliss-reactive ketones (excluding diaryl/α,β-unsaturated/α-hetero) is 1. The second kappa shape index (κ2) is 6.74. The third-order valence-corrected chi connectivity index (χ3v) is 3.80. The maximum atomic E-state index is 12.3. The number of benzene rings is 1. The van der Waals surface area contributed by atoms with E-state index in [2.05, 4.69) is 0 Å². The van der Waals surface area contributed by atoms with E-state index in [9.17, 15) is 4.79 Å². The van der Waals surface area contributed by atoms with E-state index in [0.717, 1.165) is 23.7 Å². The molecule has 0 amide bonds. The number of rotatable bonds is 6. The monoisotopic (exact) mass is 260 g/mol. The molecule has 2 nitrogen and oxygen atoms in total. The van der Waals surface area contributed by atoms with Gasteiger partial charge >= 0.3 is 0 Å². The molecule has 0 radical (unpaired) electrons. The van der Waals surface area contributed by atoms with E-state index in [1.807, 2.05) is 38.1 Å². The number of hydrogen-bond donors (Lipinski definition) is 0. The number of carbonyl (C=O) groups excluding carboxylic acids is 1. The second-order valence-corrected chi connectivity index (χ2v) is 5.78. The Labute approximate surface area is 116 Å². The molecule has 0 aliphatic heterocycles. The first-order valence-electron chi connectivity index (χ1n) is 7.45. The molecule has 1 aliphatic carbocycles. The summed E-state index contributed by atoms with van der Waals surface area (Å²) in [5.41, 5.74) is 0.745. The lowest BCUT2D eigenvalue weighted by molar-refractivity contribution is 0.0968. The predicted octanol–water partition coefficient (Wildman–Crippen LogP) is 4.63. The fraction of sp³-hybridized carbons (Fsp3) is 0.588. The Morgan fingerprint density at radius 3 is 2.63 bits per heavy atom. The highest BCUT2D eigenvalue weighted by atomic mass is 16.5. The van der Waals surface area contributed by atoms with Crippen LogP contribution in [0, 0.1) is 5.92 Å². The Morgan fingerprint density at radius 1 is 1.26 bits per heavy atom. The van der Waals surface area contributed by atoms with Crippen molar-refractivity contribution in [1.82, 2.24) is 0 Å². The summed E-state index contributed by atoms with van der Waals surface area (Å²) >= 11 is 0. The molecule has 1 aromatic carbocycles. The van der Waals surface area contributed by atoms with Gasteiger partial charge in [0, 0.05) is 6.42 Å². The Morgan fingerprint density at radius 2 is 1.95 bits per heavy atom. The van der Waals surface area contributed by atoms with Gasteiger partial charge in [0.25, 0.3) is 0 Å². The van der Waals surface area contributed by atoms with Crippen molar-refractivity contribution in [3.63, 3.8) is 0 Å². The van der Waals surface area contributed by atoms with E-state index in [0.29, 0.717) is 6.42 Å². The number of ketones is 1. The van der Waals surface area contributed by atoms with Crippen LogP contribution in [0.3, 0.4) is 0 Å². The largest absolute Gasteiger partial charge is 0.490 e. The van der Waals surface area contributed by atoms with Crippen LogP contribution >= 0.6 is 0 Å². The lowest BCUT2D eigenvalue weighted by atomic mass is 9.97. The second-order valence-electron chi connectivity index (χ2n) is 5.78. The van der Waals surface area contributed by atoms with Gasteiger partial charge in [0.05, 0.1) is 11.7 Å². The maximum absolute atomic E-state index is 12.3. The summed E-state index contributed by atoms with van der Waals surface area (Å²) in [6, 6.07) is 7.61. The van der Waals surface area contributed by atoms with Crippen molar-refractivity contribution in [3.8, 4) is 5.75 Å². The van der Waals surface area contributed by atoms with Gasteiger partial charge in [-0.15, -0.1) is 0 Å². The number of carbonyl (C=O) groups is 1. The molecule has 1 saturated carbocycles. The lowest BCUT2D eigenvalue weighted by Gasteiger charge is -2.14. The molecule has 0 aromatic heterocycles. The maximum Gasteiger partial charge on any atom is 0.166 e. The summed E-state index contributed by atoms with van der Waals surface area (Å²) in [6.45, 7) is 3.97. The first kappa shape index (κ1) is 14.1. The number of para-hydroxylation sites is 1. The van der Waals surface area contributed by atoms with Crippen molar-refractivity contribution in [2.45, 2.75) is 58.5 Å². The van der Waals surface area contributed by atoms with Gasteiger partial charge in [-0.3, -0.25) is 4.79 Å². The van der Waals surface area contributed by atoms with Crippen molar-refractivity contribution in [3.05, 3.63) is 29.8 Å². The molecule has 0 atom stereocenters. The van der Waals surface area contributed by atoms with E-state index in [1.54, 1.807) is 0 Å². The molecule has 2 heteroatoms. The zero-order chi connectivity index (χ0) is 13.7. The molecule has 19 heavy (non-hydrogen) atoms. The van der Waals surface area contributed by atoms with Crippen molar-refractivity contribution in [2.75, 3.05) is 0 Å². The molecule has 0 spiro atoms. The molecule has 0 heterocycles. The van der Waals surface area contributed by atoms with Crippen molar-refractivity contribution in [2.24, 2.45) is 5.92 Å². The highest BCUT2D eigenvalue weighted by Gasteiger charge is 2.18. The summed E-state index contributed by atoms with van der Waals surface area (Å²) in [4.78, 5) is 12.3. The molecule has 2 rings (SSSR count).